The Labute approximate surface area is 141 Å². The van der Waals surface area contributed by atoms with E-state index in [4.69, 9.17) is 0 Å². The smallest absolute Gasteiger partial charge is 0.228 e. The van der Waals surface area contributed by atoms with E-state index in [0.717, 1.165) is 35.1 Å². The summed E-state index contributed by atoms with van der Waals surface area (Å²) >= 11 is 0. The molecule has 0 bridgehead atoms. The molecule has 1 N–H and O–H groups in total. The minimum Gasteiger partial charge on any atom is -0.323 e. The Morgan fingerprint density at radius 1 is 1.17 bits per heavy atom. The van der Waals surface area contributed by atoms with Gasteiger partial charge in [-0.2, -0.15) is 5.10 Å². The van der Waals surface area contributed by atoms with E-state index in [9.17, 15) is 4.79 Å². The van der Waals surface area contributed by atoms with E-state index in [2.05, 4.69) is 33.5 Å². The molecule has 0 spiro atoms. The molecule has 0 fully saturated rings. The molecule has 0 radical (unpaired) electrons. The fraction of sp³-hybridized carbons (Fsp3) is 0.263. The van der Waals surface area contributed by atoms with Crippen LogP contribution in [0, 0.1) is 0 Å². The first-order valence-electron chi connectivity index (χ1n) is 8.05. The molecule has 1 aromatic heterocycles. The first kappa shape index (κ1) is 16.2. The van der Waals surface area contributed by atoms with Crippen LogP contribution in [0.4, 0.5) is 5.69 Å². The lowest BCUT2D eigenvalue weighted by Crippen LogP contribution is -2.18. The molecule has 5 heteroatoms. The summed E-state index contributed by atoms with van der Waals surface area (Å²) in [6, 6.07) is 14.2. The van der Waals surface area contributed by atoms with Crippen molar-refractivity contribution in [1.82, 2.24) is 14.7 Å². The highest BCUT2D eigenvalue weighted by atomic mass is 16.1. The number of fused-ring (bicyclic) bond motifs is 1. The number of nitrogens with zero attached hydrogens (tertiary/aromatic N) is 3. The van der Waals surface area contributed by atoms with E-state index in [1.54, 1.807) is 6.20 Å². The van der Waals surface area contributed by atoms with Crippen LogP contribution in [0.15, 0.2) is 54.9 Å². The van der Waals surface area contributed by atoms with Crippen molar-refractivity contribution in [2.45, 2.75) is 13.0 Å². The van der Waals surface area contributed by atoms with Gasteiger partial charge in [0.25, 0.3) is 0 Å². The standard InChI is InChI=1S/C19H22N4O/c1-22(2)10-11-23-14-17(13-20-23)21-19(24)12-16-8-5-7-15-6-3-4-9-18(15)16/h3-9,13-14H,10-12H2,1-2H3,(H,21,24). The monoisotopic (exact) mass is 322 g/mol. The van der Waals surface area contributed by atoms with Crippen LogP contribution in [0.1, 0.15) is 5.56 Å². The van der Waals surface area contributed by atoms with Crippen molar-refractivity contribution >= 4 is 22.4 Å². The van der Waals surface area contributed by atoms with Crippen molar-refractivity contribution in [2.24, 2.45) is 0 Å². The fourth-order valence-electron chi connectivity index (χ4n) is 2.68. The second-order valence-electron chi connectivity index (χ2n) is 6.16. The molecule has 5 nitrogen and oxygen atoms in total. The molecule has 3 aromatic rings. The Balaban J connectivity index is 1.65. The summed E-state index contributed by atoms with van der Waals surface area (Å²) < 4.78 is 1.84. The van der Waals surface area contributed by atoms with E-state index in [1.165, 1.54) is 0 Å². The molecule has 1 amide bonds. The summed E-state index contributed by atoms with van der Waals surface area (Å²) in [5.74, 6) is -0.0292. The van der Waals surface area contributed by atoms with Crippen LogP contribution in [0.2, 0.25) is 0 Å². The summed E-state index contributed by atoms with van der Waals surface area (Å²) in [4.78, 5) is 14.4. The summed E-state index contributed by atoms with van der Waals surface area (Å²) in [5.41, 5.74) is 1.77. The van der Waals surface area contributed by atoms with Gasteiger partial charge in [0.1, 0.15) is 0 Å². The summed E-state index contributed by atoms with van der Waals surface area (Å²) in [5, 5.41) is 9.47. The summed E-state index contributed by atoms with van der Waals surface area (Å²) in [6.45, 7) is 1.71. The molecule has 0 aliphatic rings. The number of carbonyl (C=O) groups is 1. The van der Waals surface area contributed by atoms with Crippen LogP contribution < -0.4 is 5.32 Å². The van der Waals surface area contributed by atoms with Gasteiger partial charge in [-0.1, -0.05) is 42.5 Å². The maximum Gasteiger partial charge on any atom is 0.228 e. The molecular weight excluding hydrogens is 300 g/mol. The Bertz CT molecular complexity index is 833. The fourth-order valence-corrected chi connectivity index (χ4v) is 2.68. The number of anilines is 1. The summed E-state index contributed by atoms with van der Waals surface area (Å²) in [6.07, 6.45) is 3.91. The Kier molecular flexibility index (Phi) is 4.91. The van der Waals surface area contributed by atoms with Crippen LogP contribution >= 0.6 is 0 Å². The maximum absolute atomic E-state index is 12.3. The predicted molar refractivity (Wildman–Crippen MR) is 97.1 cm³/mol. The van der Waals surface area contributed by atoms with Crippen molar-refractivity contribution < 1.29 is 4.79 Å². The van der Waals surface area contributed by atoms with Crippen molar-refractivity contribution in [3.8, 4) is 0 Å². The van der Waals surface area contributed by atoms with Crippen molar-refractivity contribution in [1.29, 1.82) is 0 Å². The lowest BCUT2D eigenvalue weighted by atomic mass is 10.0. The number of amides is 1. The lowest BCUT2D eigenvalue weighted by molar-refractivity contribution is -0.115. The minimum absolute atomic E-state index is 0.0292. The number of carbonyl (C=O) groups excluding carboxylic acids is 1. The van der Waals surface area contributed by atoms with Gasteiger partial charge in [0.2, 0.25) is 5.91 Å². The molecule has 0 unspecified atom stereocenters. The number of rotatable bonds is 6. The SMILES string of the molecule is CN(C)CCn1cc(NC(=O)Cc2cccc3ccccc23)cn1. The molecule has 0 saturated carbocycles. The topological polar surface area (TPSA) is 50.2 Å². The normalized spacial score (nSPS) is 11.1. The molecule has 1 heterocycles. The van der Waals surface area contributed by atoms with Gasteiger partial charge in [-0.3, -0.25) is 9.48 Å². The third kappa shape index (κ3) is 4.00. The zero-order valence-electron chi connectivity index (χ0n) is 14.1. The van der Waals surface area contributed by atoms with Gasteiger partial charge >= 0.3 is 0 Å². The van der Waals surface area contributed by atoms with Crippen molar-refractivity contribution in [3.05, 3.63) is 60.4 Å². The van der Waals surface area contributed by atoms with Gasteiger partial charge in [0.05, 0.1) is 24.8 Å². The number of nitrogens with one attached hydrogen (secondary N) is 1. The third-order valence-electron chi connectivity index (χ3n) is 3.92. The zero-order chi connectivity index (χ0) is 16.9. The lowest BCUT2D eigenvalue weighted by Gasteiger charge is -2.08. The molecule has 24 heavy (non-hydrogen) atoms. The molecule has 0 saturated heterocycles. The zero-order valence-corrected chi connectivity index (χ0v) is 14.1. The minimum atomic E-state index is -0.0292. The van der Waals surface area contributed by atoms with Crippen LogP contribution in [-0.2, 0) is 17.8 Å². The number of aromatic nitrogens is 2. The molecule has 0 aliphatic carbocycles. The number of likely N-dealkylation sites (N-methyl/N-ethyl adjacent to an activating group) is 1. The number of benzene rings is 2. The predicted octanol–water partition coefficient (Wildman–Crippen LogP) is 2.78. The first-order chi connectivity index (χ1) is 11.6. The van der Waals surface area contributed by atoms with Gasteiger partial charge in [-0.25, -0.2) is 0 Å². The van der Waals surface area contributed by atoms with Gasteiger partial charge in [0, 0.05) is 12.7 Å². The average molecular weight is 322 g/mol. The molecule has 2 aromatic carbocycles. The second-order valence-corrected chi connectivity index (χ2v) is 6.16. The average Bonchev–Trinajstić information content (AvgIpc) is 3.00. The highest BCUT2D eigenvalue weighted by molar-refractivity contribution is 5.96. The van der Waals surface area contributed by atoms with Gasteiger partial charge in [-0.15, -0.1) is 0 Å². The van der Waals surface area contributed by atoms with Gasteiger partial charge < -0.3 is 10.2 Å². The van der Waals surface area contributed by atoms with E-state index in [1.807, 2.05) is 49.2 Å². The van der Waals surface area contributed by atoms with Crippen LogP contribution in [0.25, 0.3) is 10.8 Å². The van der Waals surface area contributed by atoms with Crippen molar-refractivity contribution in [3.63, 3.8) is 0 Å². The van der Waals surface area contributed by atoms with Crippen LogP contribution in [0.3, 0.4) is 0 Å². The van der Waals surface area contributed by atoms with E-state index < -0.39 is 0 Å². The molecule has 124 valence electrons. The highest BCUT2D eigenvalue weighted by Crippen LogP contribution is 2.19. The quantitative estimate of drug-likeness (QED) is 0.759. The van der Waals surface area contributed by atoms with E-state index in [0.29, 0.717) is 6.42 Å². The van der Waals surface area contributed by atoms with Crippen molar-refractivity contribution in [2.75, 3.05) is 26.0 Å². The number of hydrogen-bond donors (Lipinski definition) is 1. The Hall–Kier alpha value is -2.66. The largest absolute Gasteiger partial charge is 0.323 e. The Morgan fingerprint density at radius 3 is 2.79 bits per heavy atom. The number of hydrogen-bond acceptors (Lipinski definition) is 3. The maximum atomic E-state index is 12.3. The highest BCUT2D eigenvalue weighted by Gasteiger charge is 2.08. The van der Waals surface area contributed by atoms with E-state index >= 15 is 0 Å². The molecule has 0 atom stereocenters. The van der Waals surface area contributed by atoms with Gasteiger partial charge in [-0.05, 0) is 30.4 Å². The second kappa shape index (κ2) is 7.27. The van der Waals surface area contributed by atoms with Crippen LogP contribution in [0.5, 0.6) is 0 Å². The third-order valence-corrected chi connectivity index (χ3v) is 3.92. The van der Waals surface area contributed by atoms with E-state index in [-0.39, 0.29) is 5.91 Å². The van der Waals surface area contributed by atoms with Gasteiger partial charge in [0.15, 0.2) is 0 Å². The Morgan fingerprint density at radius 2 is 1.96 bits per heavy atom. The summed E-state index contributed by atoms with van der Waals surface area (Å²) in [7, 11) is 4.05. The first-order valence-corrected chi connectivity index (χ1v) is 8.05. The molecule has 3 rings (SSSR count). The molecule has 0 aliphatic heterocycles. The van der Waals surface area contributed by atoms with Crippen LogP contribution in [-0.4, -0.2) is 41.2 Å². The molecular formula is C19H22N4O.